The minimum absolute atomic E-state index is 0.940. The Morgan fingerprint density at radius 3 is 1.82 bits per heavy atom. The van der Waals surface area contributed by atoms with Crippen LogP contribution in [0.3, 0.4) is 0 Å². The molecule has 4 nitrogen and oxygen atoms in total. The fraction of sp³-hybridized carbons (Fsp3) is 0. The average Bonchev–Trinajstić information content (AvgIpc) is 3.64. The Hall–Kier alpha value is -6.00. The van der Waals surface area contributed by atoms with Crippen molar-refractivity contribution in [3.8, 4) is 16.8 Å². The van der Waals surface area contributed by atoms with Crippen LogP contribution in [0.15, 0.2) is 146 Å². The van der Waals surface area contributed by atoms with Crippen LogP contribution in [0.4, 0.5) is 0 Å². The lowest BCUT2D eigenvalue weighted by atomic mass is 10.0. The van der Waals surface area contributed by atoms with E-state index >= 15 is 0 Å². The SMILES string of the molecule is c1ccc2nc3c4cc(-c5ccc(-n6c7ccccc7c7ccccc76)cc5)ccc4n4c5ccccc5nc4c3cc2c1. The summed E-state index contributed by atoms with van der Waals surface area (Å²) in [6, 6.07) is 51.9. The molecule has 0 bridgehead atoms. The molecule has 6 aromatic carbocycles. The number of rotatable bonds is 2. The average molecular weight is 561 g/mol. The van der Waals surface area contributed by atoms with Crippen LogP contribution in [-0.4, -0.2) is 18.9 Å². The molecule has 0 fully saturated rings. The molecule has 4 heteroatoms. The minimum atomic E-state index is 0.940. The molecule has 0 aliphatic carbocycles. The Morgan fingerprint density at radius 2 is 1.05 bits per heavy atom. The summed E-state index contributed by atoms with van der Waals surface area (Å²) in [5.74, 6) is 0. The quantitative estimate of drug-likeness (QED) is 0.156. The monoisotopic (exact) mass is 560 g/mol. The molecular weight excluding hydrogens is 536 g/mol. The fourth-order valence-corrected chi connectivity index (χ4v) is 7.05. The van der Waals surface area contributed by atoms with Crippen molar-refractivity contribution in [2.75, 3.05) is 0 Å². The van der Waals surface area contributed by atoms with Gasteiger partial charge < -0.3 is 4.57 Å². The van der Waals surface area contributed by atoms with Gasteiger partial charge in [-0.3, -0.25) is 4.40 Å². The number of pyridine rings is 2. The number of fused-ring (bicyclic) bond motifs is 12. The molecule has 10 aromatic rings. The topological polar surface area (TPSA) is 35.1 Å². The molecule has 0 unspecified atom stereocenters. The van der Waals surface area contributed by atoms with E-state index in [2.05, 4.69) is 148 Å². The first-order valence-corrected chi connectivity index (χ1v) is 14.9. The lowest BCUT2D eigenvalue weighted by Gasteiger charge is -2.12. The first kappa shape index (κ1) is 23.6. The summed E-state index contributed by atoms with van der Waals surface area (Å²) in [6.07, 6.45) is 0. The molecule has 204 valence electrons. The zero-order chi connectivity index (χ0) is 28.8. The maximum absolute atomic E-state index is 5.21. The third kappa shape index (κ3) is 3.22. The third-order valence-electron chi connectivity index (χ3n) is 9.06. The number of benzene rings is 6. The van der Waals surface area contributed by atoms with Gasteiger partial charge in [-0.15, -0.1) is 0 Å². The Labute approximate surface area is 252 Å². The molecule has 44 heavy (non-hydrogen) atoms. The van der Waals surface area contributed by atoms with E-state index in [-0.39, 0.29) is 0 Å². The summed E-state index contributed by atoms with van der Waals surface area (Å²) in [4.78, 5) is 10.3. The first-order valence-electron chi connectivity index (χ1n) is 14.9. The maximum atomic E-state index is 5.21. The molecule has 0 N–H and O–H groups in total. The molecule has 0 aliphatic heterocycles. The van der Waals surface area contributed by atoms with Crippen LogP contribution in [-0.2, 0) is 0 Å². The second kappa shape index (κ2) is 8.76. The van der Waals surface area contributed by atoms with Crippen LogP contribution >= 0.6 is 0 Å². The second-order valence-corrected chi connectivity index (χ2v) is 11.5. The van der Waals surface area contributed by atoms with Gasteiger partial charge in [-0.1, -0.05) is 84.9 Å². The molecule has 0 spiro atoms. The van der Waals surface area contributed by atoms with Crippen LogP contribution in [0.2, 0.25) is 0 Å². The Bertz CT molecular complexity index is 2710. The van der Waals surface area contributed by atoms with Crippen LogP contribution in [0.5, 0.6) is 0 Å². The number of aromatic nitrogens is 4. The summed E-state index contributed by atoms with van der Waals surface area (Å²) < 4.78 is 4.65. The number of nitrogens with zero attached hydrogens (tertiary/aromatic N) is 4. The van der Waals surface area contributed by atoms with Crippen molar-refractivity contribution < 1.29 is 0 Å². The standard InChI is InChI=1S/C40H24N4/c1-4-12-33-27(9-1)24-32-39(41-33)31-23-26(19-22-37(31)44-38-16-8-5-13-34(38)42-40(32)44)25-17-20-28(21-18-25)43-35-14-6-2-10-29(35)30-11-3-7-15-36(30)43/h1-24H. The fourth-order valence-electron chi connectivity index (χ4n) is 7.05. The van der Waals surface area contributed by atoms with Gasteiger partial charge in [-0.2, -0.15) is 0 Å². The highest BCUT2D eigenvalue weighted by molar-refractivity contribution is 6.15. The highest BCUT2D eigenvalue weighted by Gasteiger charge is 2.17. The third-order valence-corrected chi connectivity index (χ3v) is 9.06. The van der Waals surface area contributed by atoms with E-state index in [9.17, 15) is 0 Å². The maximum Gasteiger partial charge on any atom is 0.147 e. The van der Waals surface area contributed by atoms with Crippen molar-refractivity contribution in [2.24, 2.45) is 0 Å². The Kier molecular flexibility index (Phi) is 4.69. The number of hydrogen-bond donors (Lipinski definition) is 0. The summed E-state index contributed by atoms with van der Waals surface area (Å²) >= 11 is 0. The van der Waals surface area contributed by atoms with Gasteiger partial charge in [0.05, 0.1) is 38.6 Å². The Morgan fingerprint density at radius 1 is 0.409 bits per heavy atom. The zero-order valence-corrected chi connectivity index (χ0v) is 23.6. The first-order chi connectivity index (χ1) is 21.8. The number of hydrogen-bond acceptors (Lipinski definition) is 2. The molecule has 0 amide bonds. The van der Waals surface area contributed by atoms with Gasteiger partial charge in [0.25, 0.3) is 0 Å². The van der Waals surface area contributed by atoms with Crippen LogP contribution < -0.4 is 0 Å². The number of imidazole rings is 1. The van der Waals surface area contributed by atoms with Gasteiger partial charge >= 0.3 is 0 Å². The molecule has 4 aromatic heterocycles. The summed E-state index contributed by atoms with van der Waals surface area (Å²) in [5, 5.41) is 5.83. The zero-order valence-electron chi connectivity index (χ0n) is 23.6. The normalized spacial score (nSPS) is 12.1. The summed E-state index contributed by atoms with van der Waals surface area (Å²) in [7, 11) is 0. The van der Waals surface area contributed by atoms with E-state index in [4.69, 9.17) is 9.97 Å². The van der Waals surface area contributed by atoms with E-state index in [1.165, 1.54) is 27.4 Å². The van der Waals surface area contributed by atoms with Crippen molar-refractivity contribution >= 4 is 71.2 Å². The smallest absolute Gasteiger partial charge is 0.147 e. The highest BCUT2D eigenvalue weighted by Crippen LogP contribution is 2.36. The van der Waals surface area contributed by atoms with Crippen molar-refractivity contribution in [2.45, 2.75) is 0 Å². The molecule has 0 saturated carbocycles. The predicted octanol–water partition coefficient (Wildman–Crippen LogP) is 10.1. The molecular formula is C40H24N4. The number of para-hydroxylation sites is 5. The van der Waals surface area contributed by atoms with Gasteiger partial charge in [-0.25, -0.2) is 9.97 Å². The predicted molar refractivity (Wildman–Crippen MR) is 183 cm³/mol. The highest BCUT2D eigenvalue weighted by atomic mass is 15.0. The van der Waals surface area contributed by atoms with Crippen LogP contribution in [0.1, 0.15) is 0 Å². The summed E-state index contributed by atoms with van der Waals surface area (Å²) in [6.45, 7) is 0. The lowest BCUT2D eigenvalue weighted by Crippen LogP contribution is -1.95. The van der Waals surface area contributed by atoms with Crippen molar-refractivity contribution in [1.82, 2.24) is 18.9 Å². The molecule has 0 radical (unpaired) electrons. The molecule has 0 saturated heterocycles. The van der Waals surface area contributed by atoms with Crippen LogP contribution in [0.25, 0.3) is 88.0 Å². The van der Waals surface area contributed by atoms with Crippen LogP contribution in [0, 0.1) is 0 Å². The largest absolute Gasteiger partial charge is 0.309 e. The van der Waals surface area contributed by atoms with E-state index in [0.29, 0.717) is 0 Å². The lowest BCUT2D eigenvalue weighted by molar-refractivity contribution is 1.18. The van der Waals surface area contributed by atoms with Gasteiger partial charge in [0, 0.05) is 32.6 Å². The van der Waals surface area contributed by atoms with Gasteiger partial charge in [0.2, 0.25) is 0 Å². The molecule has 4 heterocycles. The van der Waals surface area contributed by atoms with E-state index in [0.717, 1.165) is 60.6 Å². The van der Waals surface area contributed by atoms with Crippen molar-refractivity contribution in [1.29, 1.82) is 0 Å². The van der Waals surface area contributed by atoms with Gasteiger partial charge in [0.15, 0.2) is 0 Å². The van der Waals surface area contributed by atoms with Crippen molar-refractivity contribution in [3.63, 3.8) is 0 Å². The van der Waals surface area contributed by atoms with Gasteiger partial charge in [0.1, 0.15) is 5.65 Å². The van der Waals surface area contributed by atoms with Crippen molar-refractivity contribution in [3.05, 3.63) is 146 Å². The van der Waals surface area contributed by atoms with E-state index < -0.39 is 0 Å². The van der Waals surface area contributed by atoms with Gasteiger partial charge in [-0.05, 0) is 71.8 Å². The molecule has 0 aliphatic rings. The molecule has 10 rings (SSSR count). The molecule has 0 atom stereocenters. The second-order valence-electron chi connectivity index (χ2n) is 11.5. The summed E-state index contributed by atoms with van der Waals surface area (Å²) in [5.41, 5.74) is 12.0. The minimum Gasteiger partial charge on any atom is -0.309 e. The Balaban J connectivity index is 1.21. The van der Waals surface area contributed by atoms with E-state index in [1.807, 2.05) is 6.07 Å². The van der Waals surface area contributed by atoms with E-state index in [1.54, 1.807) is 0 Å².